The number of halogens is 2. The third kappa shape index (κ3) is 3.12. The monoisotopic (exact) mass is 314 g/mol. The smallest absolute Gasteiger partial charge is 0.127 e. The molecule has 1 fully saturated rings. The molecule has 0 spiro atoms. The molecule has 1 saturated carbocycles. The van der Waals surface area contributed by atoms with Crippen LogP contribution >= 0.6 is 15.9 Å². The van der Waals surface area contributed by atoms with Gasteiger partial charge in [0.15, 0.2) is 0 Å². The Labute approximate surface area is 117 Å². The van der Waals surface area contributed by atoms with Gasteiger partial charge in [-0.15, -0.1) is 0 Å². The predicted molar refractivity (Wildman–Crippen MR) is 74.9 cm³/mol. The SMILES string of the molecule is CC1CCC(O)(Cc2ccc(Br)cc2F)CC1C. The van der Waals surface area contributed by atoms with Gasteiger partial charge >= 0.3 is 0 Å². The van der Waals surface area contributed by atoms with E-state index in [-0.39, 0.29) is 5.82 Å². The van der Waals surface area contributed by atoms with Crippen molar-refractivity contribution in [1.82, 2.24) is 0 Å². The van der Waals surface area contributed by atoms with Gasteiger partial charge in [-0.3, -0.25) is 0 Å². The number of benzene rings is 1. The molecule has 1 nitrogen and oxygen atoms in total. The van der Waals surface area contributed by atoms with Crippen molar-refractivity contribution in [3.63, 3.8) is 0 Å². The van der Waals surface area contributed by atoms with Gasteiger partial charge in [-0.1, -0.05) is 35.8 Å². The van der Waals surface area contributed by atoms with E-state index in [0.717, 1.165) is 23.7 Å². The van der Waals surface area contributed by atoms with Crippen molar-refractivity contribution in [3.05, 3.63) is 34.1 Å². The molecular weight excluding hydrogens is 295 g/mol. The first kappa shape index (κ1) is 14.0. The summed E-state index contributed by atoms with van der Waals surface area (Å²) in [5, 5.41) is 10.6. The second-order valence-electron chi connectivity index (χ2n) is 5.83. The Morgan fingerprint density at radius 3 is 2.72 bits per heavy atom. The van der Waals surface area contributed by atoms with Gasteiger partial charge in [-0.25, -0.2) is 4.39 Å². The average molecular weight is 315 g/mol. The fraction of sp³-hybridized carbons (Fsp3) is 0.600. The van der Waals surface area contributed by atoms with Crippen LogP contribution in [0.2, 0.25) is 0 Å². The summed E-state index contributed by atoms with van der Waals surface area (Å²) in [6.45, 7) is 4.40. The molecule has 0 radical (unpaired) electrons. The second-order valence-corrected chi connectivity index (χ2v) is 6.75. The zero-order chi connectivity index (χ0) is 13.3. The van der Waals surface area contributed by atoms with Crippen LogP contribution in [0.4, 0.5) is 4.39 Å². The van der Waals surface area contributed by atoms with Gasteiger partial charge in [0.1, 0.15) is 5.82 Å². The molecule has 1 aliphatic carbocycles. The van der Waals surface area contributed by atoms with Gasteiger partial charge in [-0.05, 0) is 48.8 Å². The van der Waals surface area contributed by atoms with Crippen molar-refractivity contribution in [2.75, 3.05) is 0 Å². The molecule has 1 N–H and O–H groups in total. The van der Waals surface area contributed by atoms with Crippen molar-refractivity contribution in [3.8, 4) is 0 Å². The van der Waals surface area contributed by atoms with Crippen molar-refractivity contribution in [2.45, 2.75) is 45.1 Å². The molecule has 100 valence electrons. The number of hydrogen-bond acceptors (Lipinski definition) is 1. The highest BCUT2D eigenvalue weighted by Crippen LogP contribution is 2.38. The largest absolute Gasteiger partial charge is 0.390 e. The summed E-state index contributed by atoms with van der Waals surface area (Å²) in [7, 11) is 0. The molecule has 18 heavy (non-hydrogen) atoms. The van der Waals surface area contributed by atoms with Crippen LogP contribution in [0, 0.1) is 17.7 Å². The first-order chi connectivity index (χ1) is 8.39. The zero-order valence-corrected chi connectivity index (χ0v) is 12.5. The summed E-state index contributed by atoms with van der Waals surface area (Å²) in [6, 6.07) is 5.06. The molecule has 3 atom stereocenters. The van der Waals surface area contributed by atoms with Crippen LogP contribution in [0.5, 0.6) is 0 Å². The number of hydrogen-bond donors (Lipinski definition) is 1. The van der Waals surface area contributed by atoms with Gasteiger partial charge in [0.25, 0.3) is 0 Å². The van der Waals surface area contributed by atoms with E-state index < -0.39 is 5.60 Å². The van der Waals surface area contributed by atoms with E-state index in [1.165, 1.54) is 6.07 Å². The van der Waals surface area contributed by atoms with Crippen LogP contribution in [0.1, 0.15) is 38.7 Å². The lowest BCUT2D eigenvalue weighted by Gasteiger charge is -2.39. The second kappa shape index (κ2) is 5.30. The lowest BCUT2D eigenvalue weighted by atomic mass is 9.71. The molecule has 0 heterocycles. The van der Waals surface area contributed by atoms with E-state index >= 15 is 0 Å². The van der Waals surface area contributed by atoms with Crippen LogP contribution in [-0.4, -0.2) is 10.7 Å². The van der Waals surface area contributed by atoms with Crippen LogP contribution in [0.3, 0.4) is 0 Å². The van der Waals surface area contributed by atoms with Crippen LogP contribution in [-0.2, 0) is 6.42 Å². The summed E-state index contributed by atoms with van der Waals surface area (Å²) < 4.78 is 14.5. The normalized spacial score (nSPS) is 32.5. The minimum atomic E-state index is -0.736. The fourth-order valence-corrected chi connectivity index (χ4v) is 3.20. The summed E-state index contributed by atoms with van der Waals surface area (Å²) >= 11 is 3.25. The van der Waals surface area contributed by atoms with E-state index in [4.69, 9.17) is 0 Å². The van der Waals surface area contributed by atoms with Crippen LogP contribution in [0.15, 0.2) is 22.7 Å². The highest BCUT2D eigenvalue weighted by Gasteiger charge is 2.36. The maximum Gasteiger partial charge on any atom is 0.127 e. The van der Waals surface area contributed by atoms with Gasteiger partial charge in [0, 0.05) is 10.9 Å². The summed E-state index contributed by atoms with van der Waals surface area (Å²) in [6.07, 6.45) is 2.98. The zero-order valence-electron chi connectivity index (χ0n) is 10.9. The highest BCUT2D eigenvalue weighted by atomic mass is 79.9. The Morgan fingerprint density at radius 1 is 1.39 bits per heavy atom. The Balaban J connectivity index is 2.13. The molecule has 1 aromatic carbocycles. The minimum absolute atomic E-state index is 0.232. The third-order valence-electron chi connectivity index (χ3n) is 4.27. The predicted octanol–water partition coefficient (Wildman–Crippen LogP) is 4.32. The van der Waals surface area contributed by atoms with E-state index in [2.05, 4.69) is 29.8 Å². The maximum atomic E-state index is 13.8. The lowest BCUT2D eigenvalue weighted by Crippen LogP contribution is -2.39. The molecule has 0 aromatic heterocycles. The standard InChI is InChI=1S/C15H20BrFO/c1-10-5-6-15(18,8-11(10)2)9-12-3-4-13(16)7-14(12)17/h3-4,7,10-11,18H,5-6,8-9H2,1-2H3. The maximum absolute atomic E-state index is 13.8. The third-order valence-corrected chi connectivity index (χ3v) is 4.77. The molecule has 0 bridgehead atoms. The van der Waals surface area contributed by atoms with Crippen molar-refractivity contribution in [2.24, 2.45) is 11.8 Å². The Bertz CT molecular complexity index is 435. The van der Waals surface area contributed by atoms with Crippen molar-refractivity contribution < 1.29 is 9.50 Å². The van der Waals surface area contributed by atoms with Gasteiger partial charge in [0.05, 0.1) is 5.60 Å². The van der Waals surface area contributed by atoms with Crippen LogP contribution < -0.4 is 0 Å². The molecule has 2 rings (SSSR count). The van der Waals surface area contributed by atoms with Gasteiger partial charge < -0.3 is 5.11 Å². The molecule has 0 aliphatic heterocycles. The average Bonchev–Trinajstić information content (AvgIpc) is 2.28. The first-order valence-electron chi connectivity index (χ1n) is 6.56. The van der Waals surface area contributed by atoms with E-state index in [0.29, 0.717) is 23.8 Å². The number of rotatable bonds is 2. The Hall–Kier alpha value is -0.410. The number of aliphatic hydroxyl groups is 1. The molecule has 3 heteroatoms. The molecule has 1 aromatic rings. The van der Waals surface area contributed by atoms with E-state index in [1.807, 2.05) is 6.07 Å². The summed E-state index contributed by atoms with van der Waals surface area (Å²) in [4.78, 5) is 0. The summed E-state index contributed by atoms with van der Waals surface area (Å²) in [5.41, 5.74) is -0.122. The molecule has 3 unspecified atom stereocenters. The molecule has 0 amide bonds. The minimum Gasteiger partial charge on any atom is -0.390 e. The van der Waals surface area contributed by atoms with Crippen molar-refractivity contribution in [1.29, 1.82) is 0 Å². The Kier molecular flexibility index (Phi) is 4.12. The van der Waals surface area contributed by atoms with Crippen LogP contribution in [0.25, 0.3) is 0 Å². The van der Waals surface area contributed by atoms with Crippen molar-refractivity contribution >= 4 is 15.9 Å². The molecular formula is C15H20BrFO. The lowest BCUT2D eigenvalue weighted by molar-refractivity contribution is -0.0285. The Morgan fingerprint density at radius 2 is 2.11 bits per heavy atom. The molecule has 0 saturated heterocycles. The topological polar surface area (TPSA) is 20.2 Å². The van der Waals surface area contributed by atoms with Gasteiger partial charge in [0.2, 0.25) is 0 Å². The first-order valence-corrected chi connectivity index (χ1v) is 7.35. The molecule has 1 aliphatic rings. The van der Waals surface area contributed by atoms with E-state index in [9.17, 15) is 9.50 Å². The highest BCUT2D eigenvalue weighted by molar-refractivity contribution is 9.10. The van der Waals surface area contributed by atoms with E-state index in [1.54, 1.807) is 6.07 Å². The quantitative estimate of drug-likeness (QED) is 0.862. The summed E-state index contributed by atoms with van der Waals surface area (Å²) in [5.74, 6) is 0.923. The van der Waals surface area contributed by atoms with Gasteiger partial charge in [-0.2, -0.15) is 0 Å². The fourth-order valence-electron chi connectivity index (χ4n) is 2.86.